The summed E-state index contributed by atoms with van der Waals surface area (Å²) in [7, 11) is 0. The van der Waals surface area contributed by atoms with Gasteiger partial charge in [0.15, 0.2) is 0 Å². The Kier molecular flexibility index (Phi) is 6.35. The fourth-order valence-corrected chi connectivity index (χ4v) is 1.52. The molecule has 0 aliphatic carbocycles. The summed E-state index contributed by atoms with van der Waals surface area (Å²) in [6.07, 6.45) is 6.56. The van der Waals surface area contributed by atoms with Crippen molar-refractivity contribution in [2.75, 3.05) is 6.61 Å². The topological polar surface area (TPSA) is 35.2 Å². The van der Waals surface area contributed by atoms with Gasteiger partial charge in [0.25, 0.3) is 0 Å². The van der Waals surface area contributed by atoms with Crippen molar-refractivity contribution in [3.05, 3.63) is 42.5 Å². The second kappa shape index (κ2) is 7.94. The van der Waals surface area contributed by atoms with Gasteiger partial charge in [0.05, 0.1) is 6.61 Å². The summed E-state index contributed by atoms with van der Waals surface area (Å²) in [4.78, 5) is 0. The molecule has 2 heteroatoms. The van der Waals surface area contributed by atoms with E-state index in [9.17, 15) is 0 Å². The maximum Gasteiger partial charge on any atom is 0.119 e. The maximum atomic E-state index is 5.65. The number of rotatable bonds is 8. The van der Waals surface area contributed by atoms with E-state index in [-0.39, 0.29) is 0 Å². The van der Waals surface area contributed by atoms with Gasteiger partial charge in [-0.05, 0) is 43.4 Å². The Labute approximate surface area is 98.1 Å². The van der Waals surface area contributed by atoms with Gasteiger partial charge in [0, 0.05) is 6.54 Å². The molecular formula is C14H21NO. The molecule has 0 atom stereocenters. The van der Waals surface area contributed by atoms with E-state index >= 15 is 0 Å². The standard InChI is InChI=1S/C14H21NO/c1-2-3-4-5-6-10-16-14-9-7-8-13(11-14)12-15/h2,7-9,11H,1,3-6,10,12,15H2. The minimum atomic E-state index is 0.566. The van der Waals surface area contributed by atoms with Crippen LogP contribution in [0.3, 0.4) is 0 Å². The van der Waals surface area contributed by atoms with Gasteiger partial charge in [-0.15, -0.1) is 6.58 Å². The molecule has 0 fully saturated rings. The highest BCUT2D eigenvalue weighted by atomic mass is 16.5. The lowest BCUT2D eigenvalue weighted by molar-refractivity contribution is 0.305. The fourth-order valence-electron chi connectivity index (χ4n) is 1.52. The minimum absolute atomic E-state index is 0.566. The van der Waals surface area contributed by atoms with Crippen molar-refractivity contribution in [2.24, 2.45) is 5.73 Å². The molecule has 2 nitrogen and oxygen atoms in total. The first-order valence-electron chi connectivity index (χ1n) is 5.89. The first-order valence-corrected chi connectivity index (χ1v) is 5.89. The van der Waals surface area contributed by atoms with E-state index < -0.39 is 0 Å². The summed E-state index contributed by atoms with van der Waals surface area (Å²) in [5.41, 5.74) is 6.68. The average Bonchev–Trinajstić information content (AvgIpc) is 2.34. The van der Waals surface area contributed by atoms with Crippen molar-refractivity contribution in [1.82, 2.24) is 0 Å². The molecule has 0 amide bonds. The van der Waals surface area contributed by atoms with Crippen LogP contribution < -0.4 is 10.5 Å². The average molecular weight is 219 g/mol. The number of nitrogens with two attached hydrogens (primary N) is 1. The molecule has 0 saturated carbocycles. The number of benzene rings is 1. The van der Waals surface area contributed by atoms with E-state index in [2.05, 4.69) is 6.58 Å². The first kappa shape index (κ1) is 12.8. The molecule has 1 rings (SSSR count). The highest BCUT2D eigenvalue weighted by molar-refractivity contribution is 5.28. The predicted octanol–water partition coefficient (Wildman–Crippen LogP) is 3.27. The number of hydrogen-bond acceptors (Lipinski definition) is 2. The van der Waals surface area contributed by atoms with Crippen LogP contribution in [0.5, 0.6) is 5.75 Å². The van der Waals surface area contributed by atoms with Crippen LogP contribution in [0.1, 0.15) is 31.2 Å². The largest absolute Gasteiger partial charge is 0.494 e. The van der Waals surface area contributed by atoms with Crippen LogP contribution in [0, 0.1) is 0 Å². The SMILES string of the molecule is C=CCCCCCOc1cccc(CN)c1. The summed E-state index contributed by atoms with van der Waals surface area (Å²) in [5, 5.41) is 0. The van der Waals surface area contributed by atoms with E-state index in [0.29, 0.717) is 6.54 Å². The quantitative estimate of drug-likeness (QED) is 0.538. The molecule has 16 heavy (non-hydrogen) atoms. The number of ether oxygens (including phenoxy) is 1. The maximum absolute atomic E-state index is 5.65. The summed E-state index contributed by atoms with van der Waals surface area (Å²) >= 11 is 0. The molecule has 0 radical (unpaired) electrons. The zero-order valence-electron chi connectivity index (χ0n) is 9.82. The number of hydrogen-bond donors (Lipinski definition) is 1. The van der Waals surface area contributed by atoms with Crippen LogP contribution in [0.25, 0.3) is 0 Å². The van der Waals surface area contributed by atoms with Gasteiger partial charge in [-0.25, -0.2) is 0 Å². The van der Waals surface area contributed by atoms with Crippen molar-refractivity contribution >= 4 is 0 Å². The third kappa shape index (κ3) is 4.99. The van der Waals surface area contributed by atoms with Gasteiger partial charge in [0.1, 0.15) is 5.75 Å². The molecule has 88 valence electrons. The van der Waals surface area contributed by atoms with E-state index in [1.807, 2.05) is 30.3 Å². The van der Waals surface area contributed by atoms with Crippen LogP contribution in [0.2, 0.25) is 0 Å². The molecular weight excluding hydrogens is 198 g/mol. The molecule has 0 heterocycles. The molecule has 0 aliphatic heterocycles. The lowest BCUT2D eigenvalue weighted by Crippen LogP contribution is -2.00. The summed E-state index contributed by atoms with van der Waals surface area (Å²) in [6.45, 7) is 5.05. The Balaban J connectivity index is 2.18. The van der Waals surface area contributed by atoms with Crippen molar-refractivity contribution < 1.29 is 4.74 Å². The second-order valence-electron chi connectivity index (χ2n) is 3.84. The highest BCUT2D eigenvalue weighted by Crippen LogP contribution is 2.13. The lowest BCUT2D eigenvalue weighted by Gasteiger charge is -2.06. The van der Waals surface area contributed by atoms with Gasteiger partial charge in [-0.2, -0.15) is 0 Å². The molecule has 0 aromatic heterocycles. The van der Waals surface area contributed by atoms with Crippen LogP contribution in [0.15, 0.2) is 36.9 Å². The zero-order chi connectivity index (χ0) is 11.6. The Hall–Kier alpha value is -1.28. The molecule has 0 bridgehead atoms. The van der Waals surface area contributed by atoms with E-state index in [0.717, 1.165) is 30.8 Å². The van der Waals surface area contributed by atoms with E-state index in [1.165, 1.54) is 12.8 Å². The summed E-state index contributed by atoms with van der Waals surface area (Å²) in [5.74, 6) is 0.923. The second-order valence-corrected chi connectivity index (χ2v) is 3.84. The lowest BCUT2D eigenvalue weighted by atomic mass is 10.2. The molecule has 0 spiro atoms. The van der Waals surface area contributed by atoms with E-state index in [4.69, 9.17) is 10.5 Å². The van der Waals surface area contributed by atoms with Gasteiger partial charge in [-0.3, -0.25) is 0 Å². The Morgan fingerprint density at radius 3 is 2.88 bits per heavy atom. The highest BCUT2D eigenvalue weighted by Gasteiger charge is 1.95. The molecule has 2 N–H and O–H groups in total. The predicted molar refractivity (Wildman–Crippen MR) is 68.5 cm³/mol. The van der Waals surface area contributed by atoms with Crippen LogP contribution >= 0.6 is 0 Å². The number of unbranched alkanes of at least 4 members (excludes halogenated alkanes) is 3. The van der Waals surface area contributed by atoms with Gasteiger partial charge in [0.2, 0.25) is 0 Å². The van der Waals surface area contributed by atoms with Crippen LogP contribution in [-0.4, -0.2) is 6.61 Å². The van der Waals surface area contributed by atoms with Gasteiger partial charge >= 0.3 is 0 Å². The molecule has 0 unspecified atom stereocenters. The zero-order valence-corrected chi connectivity index (χ0v) is 9.82. The Morgan fingerprint density at radius 1 is 1.25 bits per heavy atom. The Morgan fingerprint density at radius 2 is 2.12 bits per heavy atom. The molecule has 0 aliphatic rings. The first-order chi connectivity index (χ1) is 7.86. The molecule has 1 aromatic rings. The number of allylic oxidation sites excluding steroid dienone is 1. The normalized spacial score (nSPS) is 10.1. The summed E-state index contributed by atoms with van der Waals surface area (Å²) < 4.78 is 5.65. The minimum Gasteiger partial charge on any atom is -0.494 e. The van der Waals surface area contributed by atoms with Crippen molar-refractivity contribution in [1.29, 1.82) is 0 Å². The summed E-state index contributed by atoms with van der Waals surface area (Å²) in [6, 6.07) is 7.97. The van der Waals surface area contributed by atoms with E-state index in [1.54, 1.807) is 0 Å². The Bertz CT molecular complexity index is 309. The van der Waals surface area contributed by atoms with Gasteiger partial charge < -0.3 is 10.5 Å². The van der Waals surface area contributed by atoms with Crippen molar-refractivity contribution in [3.63, 3.8) is 0 Å². The third-order valence-corrected chi connectivity index (χ3v) is 2.46. The smallest absolute Gasteiger partial charge is 0.119 e. The van der Waals surface area contributed by atoms with Crippen LogP contribution in [0.4, 0.5) is 0 Å². The fraction of sp³-hybridized carbons (Fsp3) is 0.429. The van der Waals surface area contributed by atoms with Crippen molar-refractivity contribution in [2.45, 2.75) is 32.2 Å². The molecule has 0 saturated heterocycles. The third-order valence-electron chi connectivity index (χ3n) is 2.46. The van der Waals surface area contributed by atoms with Crippen molar-refractivity contribution in [3.8, 4) is 5.75 Å². The monoisotopic (exact) mass is 219 g/mol. The van der Waals surface area contributed by atoms with Crippen LogP contribution in [-0.2, 0) is 6.54 Å². The van der Waals surface area contributed by atoms with Gasteiger partial charge in [-0.1, -0.05) is 18.2 Å². The molecule has 1 aromatic carbocycles.